The van der Waals surface area contributed by atoms with Crippen molar-refractivity contribution in [1.29, 1.82) is 0 Å². The summed E-state index contributed by atoms with van der Waals surface area (Å²) >= 11 is 0. The maximum Gasteiger partial charge on any atom is 0.319 e. The molecule has 4 nitrogen and oxygen atoms in total. The van der Waals surface area contributed by atoms with Gasteiger partial charge in [-0.1, -0.05) is 0 Å². The van der Waals surface area contributed by atoms with Crippen molar-refractivity contribution in [3.63, 3.8) is 0 Å². The molecule has 88 valence electrons. The number of nitrogens with one attached hydrogen (secondary N) is 2. The van der Waals surface area contributed by atoms with Crippen molar-refractivity contribution in [3.8, 4) is 0 Å². The molecule has 1 heterocycles. The first-order valence-corrected chi connectivity index (χ1v) is 5.84. The standard InChI is InChI=1S/C11H22N2O2/c1-3-15-11(14)8-13-9(2)7-10-5-4-6-12-10/h9-10,12-13H,3-8H2,1-2H3. The van der Waals surface area contributed by atoms with Gasteiger partial charge in [0.15, 0.2) is 0 Å². The number of rotatable bonds is 6. The molecule has 1 aliphatic rings. The van der Waals surface area contributed by atoms with Gasteiger partial charge in [-0.15, -0.1) is 0 Å². The molecule has 0 aromatic rings. The fourth-order valence-corrected chi connectivity index (χ4v) is 1.94. The lowest BCUT2D eigenvalue weighted by Crippen LogP contribution is -2.37. The molecule has 2 atom stereocenters. The van der Waals surface area contributed by atoms with Gasteiger partial charge in [0.2, 0.25) is 0 Å². The highest BCUT2D eigenvalue weighted by molar-refractivity contribution is 5.71. The van der Waals surface area contributed by atoms with Crippen LogP contribution in [0.1, 0.15) is 33.1 Å². The van der Waals surface area contributed by atoms with E-state index in [0.717, 1.165) is 13.0 Å². The van der Waals surface area contributed by atoms with Crippen molar-refractivity contribution in [2.75, 3.05) is 19.7 Å². The Labute approximate surface area is 91.8 Å². The first-order valence-electron chi connectivity index (χ1n) is 5.84. The van der Waals surface area contributed by atoms with Gasteiger partial charge >= 0.3 is 5.97 Å². The molecule has 0 aliphatic carbocycles. The molecular weight excluding hydrogens is 192 g/mol. The second-order valence-electron chi connectivity index (χ2n) is 4.12. The summed E-state index contributed by atoms with van der Waals surface area (Å²) < 4.78 is 4.85. The Hall–Kier alpha value is -0.610. The summed E-state index contributed by atoms with van der Waals surface area (Å²) in [4.78, 5) is 11.1. The summed E-state index contributed by atoms with van der Waals surface area (Å²) in [5, 5.41) is 6.62. The van der Waals surface area contributed by atoms with Crippen LogP contribution in [-0.2, 0) is 9.53 Å². The topological polar surface area (TPSA) is 50.4 Å². The minimum Gasteiger partial charge on any atom is -0.465 e. The van der Waals surface area contributed by atoms with Crippen molar-refractivity contribution in [2.45, 2.75) is 45.2 Å². The molecule has 2 unspecified atom stereocenters. The summed E-state index contributed by atoms with van der Waals surface area (Å²) in [5.74, 6) is -0.163. The third kappa shape index (κ3) is 5.14. The van der Waals surface area contributed by atoms with Crippen molar-refractivity contribution in [1.82, 2.24) is 10.6 Å². The van der Waals surface area contributed by atoms with Crippen LogP contribution in [0.25, 0.3) is 0 Å². The molecule has 2 N–H and O–H groups in total. The van der Waals surface area contributed by atoms with E-state index in [4.69, 9.17) is 4.74 Å². The van der Waals surface area contributed by atoms with Crippen LogP contribution in [0.15, 0.2) is 0 Å². The minimum atomic E-state index is -0.163. The minimum absolute atomic E-state index is 0.163. The summed E-state index contributed by atoms with van der Waals surface area (Å²) in [7, 11) is 0. The first-order chi connectivity index (χ1) is 7.22. The van der Waals surface area contributed by atoms with Gasteiger partial charge in [-0.05, 0) is 39.7 Å². The number of esters is 1. The van der Waals surface area contributed by atoms with E-state index in [1.165, 1.54) is 12.8 Å². The highest BCUT2D eigenvalue weighted by Gasteiger charge is 2.17. The zero-order chi connectivity index (χ0) is 11.1. The fraction of sp³-hybridized carbons (Fsp3) is 0.909. The first kappa shape index (κ1) is 12.5. The lowest BCUT2D eigenvalue weighted by Gasteiger charge is -2.17. The van der Waals surface area contributed by atoms with Crippen LogP contribution >= 0.6 is 0 Å². The monoisotopic (exact) mass is 214 g/mol. The molecule has 0 aromatic carbocycles. The molecule has 0 bridgehead atoms. The van der Waals surface area contributed by atoms with Crippen molar-refractivity contribution < 1.29 is 9.53 Å². The van der Waals surface area contributed by atoms with Crippen molar-refractivity contribution >= 4 is 5.97 Å². The van der Waals surface area contributed by atoms with Gasteiger partial charge in [0.1, 0.15) is 0 Å². The Balaban J connectivity index is 2.07. The zero-order valence-electron chi connectivity index (χ0n) is 9.71. The summed E-state index contributed by atoms with van der Waals surface area (Å²) in [5.41, 5.74) is 0. The molecule has 1 fully saturated rings. The van der Waals surface area contributed by atoms with E-state index in [0.29, 0.717) is 25.2 Å². The lowest BCUT2D eigenvalue weighted by molar-refractivity contribution is -0.142. The molecule has 0 spiro atoms. The van der Waals surface area contributed by atoms with Crippen molar-refractivity contribution in [2.24, 2.45) is 0 Å². The average Bonchev–Trinajstić information content (AvgIpc) is 2.68. The molecule has 1 rings (SSSR count). The Bertz CT molecular complexity index is 191. The SMILES string of the molecule is CCOC(=O)CNC(C)CC1CCCN1. The Morgan fingerprint density at radius 1 is 1.67 bits per heavy atom. The van der Waals surface area contributed by atoms with Gasteiger partial charge in [-0.3, -0.25) is 4.79 Å². The maximum atomic E-state index is 11.1. The number of hydrogen-bond donors (Lipinski definition) is 2. The summed E-state index contributed by atoms with van der Waals surface area (Å²) in [6.45, 7) is 5.85. The van der Waals surface area contributed by atoms with E-state index in [2.05, 4.69) is 17.6 Å². The molecule has 1 saturated heterocycles. The van der Waals surface area contributed by atoms with Gasteiger partial charge < -0.3 is 15.4 Å². The van der Waals surface area contributed by atoms with E-state index in [1.54, 1.807) is 0 Å². The molecule has 0 radical (unpaired) electrons. The average molecular weight is 214 g/mol. The summed E-state index contributed by atoms with van der Waals surface area (Å²) in [6.07, 6.45) is 3.61. The van der Waals surface area contributed by atoms with Gasteiger partial charge in [0.25, 0.3) is 0 Å². The quantitative estimate of drug-likeness (QED) is 0.638. The normalized spacial score (nSPS) is 22.7. The van der Waals surface area contributed by atoms with Gasteiger partial charge in [0.05, 0.1) is 13.2 Å². The zero-order valence-corrected chi connectivity index (χ0v) is 9.71. The van der Waals surface area contributed by atoms with Crippen LogP contribution in [0.4, 0.5) is 0 Å². The molecule has 15 heavy (non-hydrogen) atoms. The predicted molar refractivity (Wildman–Crippen MR) is 59.7 cm³/mol. The highest BCUT2D eigenvalue weighted by Crippen LogP contribution is 2.10. The second-order valence-corrected chi connectivity index (χ2v) is 4.12. The Morgan fingerprint density at radius 3 is 3.07 bits per heavy atom. The molecule has 0 saturated carbocycles. The van der Waals surface area contributed by atoms with E-state index in [-0.39, 0.29) is 5.97 Å². The van der Waals surface area contributed by atoms with E-state index < -0.39 is 0 Å². The highest BCUT2D eigenvalue weighted by atomic mass is 16.5. The summed E-state index contributed by atoms with van der Waals surface area (Å²) in [6, 6.07) is 0.986. The second kappa shape index (κ2) is 6.80. The van der Waals surface area contributed by atoms with Crippen LogP contribution in [0.2, 0.25) is 0 Å². The van der Waals surface area contributed by atoms with Crippen LogP contribution in [0, 0.1) is 0 Å². The maximum absolute atomic E-state index is 11.1. The lowest BCUT2D eigenvalue weighted by atomic mass is 10.1. The third-order valence-corrected chi connectivity index (χ3v) is 2.70. The van der Waals surface area contributed by atoms with Gasteiger partial charge in [-0.2, -0.15) is 0 Å². The number of hydrogen-bond acceptors (Lipinski definition) is 4. The molecule has 4 heteroatoms. The van der Waals surface area contributed by atoms with E-state index in [1.807, 2.05) is 6.92 Å². The number of ether oxygens (including phenoxy) is 1. The Kier molecular flexibility index (Phi) is 5.65. The van der Waals surface area contributed by atoms with E-state index in [9.17, 15) is 4.79 Å². The number of carbonyl (C=O) groups excluding carboxylic acids is 1. The fourth-order valence-electron chi connectivity index (χ4n) is 1.94. The van der Waals surface area contributed by atoms with Crippen molar-refractivity contribution in [3.05, 3.63) is 0 Å². The van der Waals surface area contributed by atoms with E-state index >= 15 is 0 Å². The largest absolute Gasteiger partial charge is 0.465 e. The van der Waals surface area contributed by atoms with Crippen LogP contribution in [0.3, 0.4) is 0 Å². The molecule has 0 aromatic heterocycles. The van der Waals surface area contributed by atoms with Crippen LogP contribution < -0.4 is 10.6 Å². The van der Waals surface area contributed by atoms with Gasteiger partial charge in [0, 0.05) is 12.1 Å². The smallest absolute Gasteiger partial charge is 0.319 e. The number of carbonyl (C=O) groups is 1. The molecule has 0 amide bonds. The predicted octanol–water partition coefficient (Wildman–Crippen LogP) is 0.670. The molecule has 1 aliphatic heterocycles. The van der Waals surface area contributed by atoms with Crippen LogP contribution in [-0.4, -0.2) is 37.7 Å². The van der Waals surface area contributed by atoms with Crippen LogP contribution in [0.5, 0.6) is 0 Å². The molecular formula is C11H22N2O2. The van der Waals surface area contributed by atoms with Gasteiger partial charge in [-0.25, -0.2) is 0 Å². The third-order valence-electron chi connectivity index (χ3n) is 2.70. The Morgan fingerprint density at radius 2 is 2.47 bits per heavy atom.